The van der Waals surface area contributed by atoms with Crippen molar-refractivity contribution in [3.8, 4) is 0 Å². The van der Waals surface area contributed by atoms with Crippen molar-refractivity contribution >= 4 is 21.6 Å². The molecule has 0 aromatic carbocycles. The summed E-state index contributed by atoms with van der Waals surface area (Å²) in [5, 5.41) is 0.781. The lowest BCUT2D eigenvalue weighted by Gasteiger charge is -2.12. The maximum atomic E-state index is 12.8. The molecule has 0 saturated heterocycles. The van der Waals surface area contributed by atoms with E-state index in [9.17, 15) is 9.59 Å². The zero-order chi connectivity index (χ0) is 15.7. The summed E-state index contributed by atoms with van der Waals surface area (Å²) in [6, 6.07) is 0. The first-order valence-electron chi connectivity index (χ1n) is 7.95. The van der Waals surface area contributed by atoms with Crippen molar-refractivity contribution in [2.75, 3.05) is 13.7 Å². The van der Waals surface area contributed by atoms with E-state index in [0.29, 0.717) is 19.7 Å². The zero-order valence-electron chi connectivity index (χ0n) is 13.2. The first kappa shape index (κ1) is 15.5. The largest absolute Gasteiger partial charge is 0.383 e. The highest BCUT2D eigenvalue weighted by molar-refractivity contribution is 7.18. The van der Waals surface area contributed by atoms with E-state index < -0.39 is 0 Å². The van der Waals surface area contributed by atoms with Crippen molar-refractivity contribution in [1.82, 2.24) is 9.13 Å². The highest BCUT2D eigenvalue weighted by Gasteiger charge is 2.23. The van der Waals surface area contributed by atoms with Crippen LogP contribution in [-0.2, 0) is 30.7 Å². The van der Waals surface area contributed by atoms with E-state index in [1.165, 1.54) is 21.4 Å². The number of nitrogens with zero attached hydrogens (tertiary/aromatic N) is 2. The van der Waals surface area contributed by atoms with E-state index in [2.05, 4.69) is 6.92 Å². The fourth-order valence-corrected chi connectivity index (χ4v) is 4.62. The van der Waals surface area contributed by atoms with Crippen LogP contribution in [0.2, 0.25) is 0 Å². The third-order valence-corrected chi connectivity index (χ3v) is 5.60. The molecule has 0 saturated carbocycles. The number of hydrogen-bond donors (Lipinski definition) is 0. The number of aryl methyl sites for hydroxylation is 3. The predicted octanol–water partition coefficient (Wildman–Crippen LogP) is 2.16. The molecular weight excluding hydrogens is 300 g/mol. The summed E-state index contributed by atoms with van der Waals surface area (Å²) in [6.07, 6.45) is 5.17. The van der Waals surface area contributed by atoms with E-state index in [1.54, 1.807) is 23.0 Å². The van der Waals surface area contributed by atoms with Crippen LogP contribution in [-0.4, -0.2) is 22.9 Å². The Balaban J connectivity index is 2.32. The van der Waals surface area contributed by atoms with Crippen molar-refractivity contribution in [2.24, 2.45) is 0 Å². The minimum Gasteiger partial charge on any atom is -0.383 e. The first-order valence-corrected chi connectivity index (χ1v) is 8.77. The lowest BCUT2D eigenvalue weighted by Crippen LogP contribution is -2.40. The Morgan fingerprint density at radius 3 is 2.64 bits per heavy atom. The quantitative estimate of drug-likeness (QED) is 0.847. The molecule has 1 aliphatic carbocycles. The fraction of sp³-hybridized carbons (Fsp3) is 0.625. The normalized spacial score (nSPS) is 14.5. The van der Waals surface area contributed by atoms with Crippen LogP contribution in [0.25, 0.3) is 10.2 Å². The third-order valence-electron chi connectivity index (χ3n) is 4.28. The minimum atomic E-state index is -0.199. The van der Waals surface area contributed by atoms with Crippen LogP contribution in [0.15, 0.2) is 9.59 Å². The summed E-state index contributed by atoms with van der Waals surface area (Å²) >= 11 is 1.65. The van der Waals surface area contributed by atoms with Crippen molar-refractivity contribution in [1.29, 1.82) is 0 Å². The van der Waals surface area contributed by atoms with E-state index >= 15 is 0 Å². The average Bonchev–Trinajstić information content (AvgIpc) is 2.91. The first-order chi connectivity index (χ1) is 10.7. The van der Waals surface area contributed by atoms with Gasteiger partial charge in [-0.25, -0.2) is 4.79 Å². The Kier molecular flexibility index (Phi) is 4.49. The SMILES string of the molecule is CCCn1c(=O)n(CCOC)c(=O)c2c3c(sc21)CCCC3. The molecule has 1 aliphatic rings. The number of ether oxygens (including phenoxy) is 1. The molecule has 0 amide bonds. The van der Waals surface area contributed by atoms with Gasteiger partial charge in [0.2, 0.25) is 0 Å². The molecule has 0 spiro atoms. The zero-order valence-corrected chi connectivity index (χ0v) is 14.0. The molecule has 2 aromatic heterocycles. The Morgan fingerprint density at radius 1 is 1.14 bits per heavy atom. The van der Waals surface area contributed by atoms with Crippen LogP contribution < -0.4 is 11.2 Å². The summed E-state index contributed by atoms with van der Waals surface area (Å²) < 4.78 is 8.19. The highest BCUT2D eigenvalue weighted by Crippen LogP contribution is 2.34. The molecule has 0 aliphatic heterocycles. The van der Waals surface area contributed by atoms with Gasteiger partial charge in [0, 0.05) is 18.5 Å². The molecular formula is C16H22N2O3S. The lowest BCUT2D eigenvalue weighted by atomic mass is 9.97. The second-order valence-electron chi connectivity index (χ2n) is 5.77. The molecule has 5 nitrogen and oxygen atoms in total. The van der Waals surface area contributed by atoms with Crippen molar-refractivity contribution in [3.63, 3.8) is 0 Å². The number of fused-ring (bicyclic) bond motifs is 3. The Bertz CT molecular complexity index is 800. The molecule has 0 bridgehead atoms. The Morgan fingerprint density at radius 2 is 1.91 bits per heavy atom. The predicted molar refractivity (Wildman–Crippen MR) is 89.2 cm³/mol. The second-order valence-corrected chi connectivity index (χ2v) is 6.86. The van der Waals surface area contributed by atoms with Gasteiger partial charge in [-0.05, 0) is 37.7 Å². The standard InChI is InChI=1S/C16H22N2O3S/c1-3-8-18-15-13(11-6-4-5-7-12(11)22-15)14(19)17(16(18)20)9-10-21-2/h3-10H2,1-2H3. The molecule has 0 fully saturated rings. The molecule has 0 atom stereocenters. The van der Waals surface area contributed by atoms with Gasteiger partial charge in [-0.1, -0.05) is 6.92 Å². The number of rotatable bonds is 5. The van der Waals surface area contributed by atoms with Gasteiger partial charge in [0.05, 0.1) is 18.5 Å². The van der Waals surface area contributed by atoms with Gasteiger partial charge in [0.15, 0.2) is 0 Å². The van der Waals surface area contributed by atoms with Crippen LogP contribution in [0.5, 0.6) is 0 Å². The van der Waals surface area contributed by atoms with E-state index in [4.69, 9.17) is 4.74 Å². The Hall–Kier alpha value is -1.40. The van der Waals surface area contributed by atoms with Gasteiger partial charge in [-0.2, -0.15) is 0 Å². The lowest BCUT2D eigenvalue weighted by molar-refractivity contribution is 0.184. The molecule has 2 aromatic rings. The summed E-state index contributed by atoms with van der Waals surface area (Å²) in [6.45, 7) is 3.40. The van der Waals surface area contributed by atoms with E-state index in [1.807, 2.05) is 0 Å². The number of methoxy groups -OCH3 is 1. The van der Waals surface area contributed by atoms with Gasteiger partial charge >= 0.3 is 5.69 Å². The molecule has 22 heavy (non-hydrogen) atoms. The summed E-state index contributed by atoms with van der Waals surface area (Å²) in [5.74, 6) is 0. The molecule has 0 N–H and O–H groups in total. The molecule has 6 heteroatoms. The van der Waals surface area contributed by atoms with Crippen molar-refractivity contribution in [3.05, 3.63) is 31.3 Å². The van der Waals surface area contributed by atoms with Gasteiger partial charge in [-0.15, -0.1) is 11.3 Å². The molecule has 3 rings (SSSR count). The van der Waals surface area contributed by atoms with Crippen molar-refractivity contribution in [2.45, 2.75) is 52.1 Å². The van der Waals surface area contributed by atoms with Crippen LogP contribution in [0.3, 0.4) is 0 Å². The van der Waals surface area contributed by atoms with Gasteiger partial charge in [0.25, 0.3) is 5.56 Å². The summed E-state index contributed by atoms with van der Waals surface area (Å²) in [5.41, 5.74) is 0.853. The molecule has 0 unspecified atom stereocenters. The number of aromatic nitrogens is 2. The maximum absolute atomic E-state index is 12.8. The van der Waals surface area contributed by atoms with Gasteiger partial charge in [-0.3, -0.25) is 13.9 Å². The maximum Gasteiger partial charge on any atom is 0.332 e. The van der Waals surface area contributed by atoms with Gasteiger partial charge in [0.1, 0.15) is 4.83 Å². The van der Waals surface area contributed by atoms with Crippen molar-refractivity contribution < 1.29 is 4.74 Å². The van der Waals surface area contributed by atoms with Crippen LogP contribution >= 0.6 is 11.3 Å². The summed E-state index contributed by atoms with van der Waals surface area (Å²) in [4.78, 5) is 27.7. The van der Waals surface area contributed by atoms with E-state index in [-0.39, 0.29) is 11.2 Å². The third kappa shape index (κ3) is 2.44. The minimum absolute atomic E-state index is 0.135. The second kappa shape index (κ2) is 6.38. The van der Waals surface area contributed by atoms with Crippen LogP contribution in [0.4, 0.5) is 0 Å². The topological polar surface area (TPSA) is 53.2 Å². The van der Waals surface area contributed by atoms with Gasteiger partial charge < -0.3 is 4.74 Å². The molecule has 2 heterocycles. The number of thiophene rings is 1. The summed E-state index contributed by atoms with van der Waals surface area (Å²) in [7, 11) is 1.58. The average molecular weight is 322 g/mol. The number of hydrogen-bond acceptors (Lipinski definition) is 4. The fourth-order valence-electron chi connectivity index (χ4n) is 3.22. The van der Waals surface area contributed by atoms with Crippen LogP contribution in [0, 0.1) is 0 Å². The molecule has 0 radical (unpaired) electrons. The Labute approximate surface area is 133 Å². The van der Waals surface area contributed by atoms with E-state index in [0.717, 1.165) is 35.9 Å². The van der Waals surface area contributed by atoms with Crippen LogP contribution in [0.1, 0.15) is 36.6 Å². The highest BCUT2D eigenvalue weighted by atomic mass is 32.1. The smallest absolute Gasteiger partial charge is 0.332 e. The monoisotopic (exact) mass is 322 g/mol. The molecule has 120 valence electrons.